The SMILES string of the molecule is O=C(Cn1ccc(=O)[nH]c1=O)Nc1cccc(C(=O)NCC(F)(F)F)c1. The number of nitrogens with one attached hydrogen (secondary N) is 3. The van der Waals surface area contributed by atoms with Crippen molar-refractivity contribution in [1.82, 2.24) is 14.9 Å². The minimum atomic E-state index is -4.54. The molecule has 1 aromatic heterocycles. The first-order valence-corrected chi connectivity index (χ1v) is 7.19. The van der Waals surface area contributed by atoms with E-state index in [1.165, 1.54) is 24.3 Å². The highest BCUT2D eigenvalue weighted by atomic mass is 19.4. The van der Waals surface area contributed by atoms with Gasteiger partial charge in [0, 0.05) is 23.5 Å². The molecule has 26 heavy (non-hydrogen) atoms. The Morgan fingerprint density at radius 3 is 2.54 bits per heavy atom. The van der Waals surface area contributed by atoms with Gasteiger partial charge in [-0.15, -0.1) is 0 Å². The number of rotatable bonds is 5. The number of halogens is 3. The summed E-state index contributed by atoms with van der Waals surface area (Å²) in [5, 5.41) is 4.12. The fraction of sp³-hybridized carbons (Fsp3) is 0.200. The summed E-state index contributed by atoms with van der Waals surface area (Å²) >= 11 is 0. The highest BCUT2D eigenvalue weighted by Crippen LogP contribution is 2.14. The zero-order chi connectivity index (χ0) is 19.3. The van der Waals surface area contributed by atoms with E-state index in [0.29, 0.717) is 0 Å². The largest absolute Gasteiger partial charge is 0.405 e. The third-order valence-corrected chi connectivity index (χ3v) is 3.07. The number of hydrogen-bond acceptors (Lipinski definition) is 4. The molecule has 0 fully saturated rings. The van der Waals surface area contributed by atoms with Crippen LogP contribution in [0.3, 0.4) is 0 Å². The van der Waals surface area contributed by atoms with Crippen LogP contribution in [0.2, 0.25) is 0 Å². The van der Waals surface area contributed by atoms with E-state index in [0.717, 1.165) is 16.8 Å². The number of nitrogens with zero attached hydrogens (tertiary/aromatic N) is 1. The molecule has 0 radical (unpaired) electrons. The van der Waals surface area contributed by atoms with E-state index < -0.39 is 42.3 Å². The molecule has 0 aliphatic rings. The first-order chi connectivity index (χ1) is 12.1. The van der Waals surface area contributed by atoms with Gasteiger partial charge in [-0.25, -0.2) is 4.79 Å². The lowest BCUT2D eigenvalue weighted by Crippen LogP contribution is -2.34. The van der Waals surface area contributed by atoms with Crippen molar-refractivity contribution in [2.45, 2.75) is 12.7 Å². The van der Waals surface area contributed by atoms with Crippen LogP contribution in [-0.2, 0) is 11.3 Å². The van der Waals surface area contributed by atoms with Crippen LogP contribution in [-0.4, -0.2) is 34.1 Å². The molecule has 0 saturated carbocycles. The van der Waals surface area contributed by atoms with Crippen molar-refractivity contribution in [3.05, 3.63) is 62.9 Å². The predicted molar refractivity (Wildman–Crippen MR) is 84.8 cm³/mol. The van der Waals surface area contributed by atoms with E-state index in [1.54, 1.807) is 5.32 Å². The third-order valence-electron chi connectivity index (χ3n) is 3.07. The van der Waals surface area contributed by atoms with E-state index in [4.69, 9.17) is 0 Å². The van der Waals surface area contributed by atoms with Gasteiger partial charge < -0.3 is 10.6 Å². The van der Waals surface area contributed by atoms with Gasteiger partial charge in [-0.1, -0.05) is 6.07 Å². The Morgan fingerprint density at radius 2 is 1.88 bits per heavy atom. The van der Waals surface area contributed by atoms with Crippen molar-refractivity contribution in [3.63, 3.8) is 0 Å². The maximum Gasteiger partial charge on any atom is 0.405 e. The molecule has 0 saturated heterocycles. The second-order valence-electron chi connectivity index (χ2n) is 5.16. The molecule has 2 rings (SSSR count). The van der Waals surface area contributed by atoms with E-state index in [2.05, 4.69) is 5.32 Å². The quantitative estimate of drug-likeness (QED) is 0.710. The molecule has 1 heterocycles. The van der Waals surface area contributed by atoms with E-state index in [9.17, 15) is 32.3 Å². The molecule has 0 bridgehead atoms. The summed E-state index contributed by atoms with van der Waals surface area (Å²) in [6, 6.07) is 6.35. The Labute approximate surface area is 143 Å². The van der Waals surface area contributed by atoms with Crippen LogP contribution in [0.5, 0.6) is 0 Å². The molecule has 3 N–H and O–H groups in total. The van der Waals surface area contributed by atoms with E-state index in [1.807, 2.05) is 4.98 Å². The van der Waals surface area contributed by atoms with Gasteiger partial charge in [0.2, 0.25) is 5.91 Å². The Hall–Kier alpha value is -3.37. The van der Waals surface area contributed by atoms with Gasteiger partial charge in [-0.2, -0.15) is 13.2 Å². The lowest BCUT2D eigenvalue weighted by Gasteiger charge is -2.10. The monoisotopic (exact) mass is 370 g/mol. The predicted octanol–water partition coefficient (Wildman–Crippen LogP) is 0.467. The second kappa shape index (κ2) is 7.68. The fourth-order valence-corrected chi connectivity index (χ4v) is 1.94. The number of amides is 2. The topological polar surface area (TPSA) is 113 Å². The zero-order valence-electron chi connectivity index (χ0n) is 13.1. The molecule has 8 nitrogen and oxygen atoms in total. The van der Waals surface area contributed by atoms with Crippen molar-refractivity contribution in [1.29, 1.82) is 0 Å². The maximum absolute atomic E-state index is 12.1. The number of aromatic nitrogens is 2. The summed E-state index contributed by atoms with van der Waals surface area (Å²) < 4.78 is 37.3. The summed E-state index contributed by atoms with van der Waals surface area (Å²) in [6.07, 6.45) is -3.40. The van der Waals surface area contributed by atoms with Crippen LogP contribution in [0.4, 0.5) is 18.9 Å². The van der Waals surface area contributed by atoms with Crippen molar-refractivity contribution >= 4 is 17.5 Å². The number of hydrogen-bond donors (Lipinski definition) is 3. The first-order valence-electron chi connectivity index (χ1n) is 7.19. The van der Waals surface area contributed by atoms with Crippen LogP contribution in [0, 0.1) is 0 Å². The van der Waals surface area contributed by atoms with E-state index >= 15 is 0 Å². The maximum atomic E-state index is 12.1. The molecule has 138 valence electrons. The molecule has 2 amide bonds. The van der Waals surface area contributed by atoms with Gasteiger partial charge in [0.15, 0.2) is 0 Å². The number of alkyl halides is 3. The minimum Gasteiger partial charge on any atom is -0.343 e. The van der Waals surface area contributed by atoms with Crippen molar-refractivity contribution in [2.75, 3.05) is 11.9 Å². The number of H-pyrrole nitrogens is 1. The van der Waals surface area contributed by atoms with Crippen molar-refractivity contribution in [3.8, 4) is 0 Å². The van der Waals surface area contributed by atoms with Crippen LogP contribution >= 0.6 is 0 Å². The van der Waals surface area contributed by atoms with Crippen LogP contribution in [0.25, 0.3) is 0 Å². The van der Waals surface area contributed by atoms with Crippen LogP contribution < -0.4 is 21.9 Å². The Bertz CT molecular complexity index is 933. The zero-order valence-corrected chi connectivity index (χ0v) is 13.1. The summed E-state index contributed by atoms with van der Waals surface area (Å²) in [7, 11) is 0. The Morgan fingerprint density at radius 1 is 1.15 bits per heavy atom. The lowest BCUT2D eigenvalue weighted by atomic mass is 10.2. The summed E-state index contributed by atoms with van der Waals surface area (Å²) in [4.78, 5) is 48.1. The second-order valence-corrected chi connectivity index (χ2v) is 5.16. The molecule has 1 aromatic carbocycles. The van der Waals surface area contributed by atoms with Gasteiger partial charge in [-0.05, 0) is 18.2 Å². The van der Waals surface area contributed by atoms with Crippen molar-refractivity contribution in [2.24, 2.45) is 0 Å². The third kappa shape index (κ3) is 5.61. The summed E-state index contributed by atoms with van der Waals surface area (Å²) in [6.45, 7) is -1.88. The van der Waals surface area contributed by atoms with Gasteiger partial charge in [0.25, 0.3) is 11.5 Å². The van der Waals surface area contributed by atoms with Gasteiger partial charge in [0.05, 0.1) is 0 Å². The number of anilines is 1. The highest BCUT2D eigenvalue weighted by Gasteiger charge is 2.27. The average molecular weight is 370 g/mol. The normalized spacial score (nSPS) is 11.0. The Kier molecular flexibility index (Phi) is 5.60. The molecule has 2 aromatic rings. The van der Waals surface area contributed by atoms with Gasteiger partial charge in [-0.3, -0.25) is 23.9 Å². The first kappa shape index (κ1) is 19.0. The molecule has 0 aliphatic carbocycles. The van der Waals surface area contributed by atoms with Crippen LogP contribution in [0.15, 0.2) is 46.1 Å². The molecule has 0 atom stereocenters. The molecule has 11 heteroatoms. The van der Waals surface area contributed by atoms with Crippen molar-refractivity contribution < 1.29 is 22.8 Å². The number of carbonyl (C=O) groups is 2. The summed E-state index contributed by atoms with van der Waals surface area (Å²) in [5.41, 5.74) is -1.29. The molecular weight excluding hydrogens is 357 g/mol. The summed E-state index contributed by atoms with van der Waals surface area (Å²) in [5.74, 6) is -1.58. The fourth-order valence-electron chi connectivity index (χ4n) is 1.94. The number of aromatic amines is 1. The van der Waals surface area contributed by atoms with Gasteiger partial charge in [0.1, 0.15) is 13.1 Å². The molecule has 0 aliphatic heterocycles. The smallest absolute Gasteiger partial charge is 0.343 e. The highest BCUT2D eigenvalue weighted by molar-refractivity contribution is 5.97. The standard InChI is InChI=1S/C15H13F3N4O4/c16-15(17,18)8-19-13(25)9-2-1-3-10(6-9)20-12(24)7-22-5-4-11(23)21-14(22)26/h1-6H,7-8H2,(H,19,25)(H,20,24)(H,21,23,26). The number of carbonyl (C=O) groups excluding carboxylic acids is 2. The van der Waals surface area contributed by atoms with E-state index in [-0.39, 0.29) is 11.3 Å². The molecular formula is C15H13F3N4O4. The number of benzene rings is 1. The molecule has 0 unspecified atom stereocenters. The van der Waals surface area contributed by atoms with Crippen LogP contribution in [0.1, 0.15) is 10.4 Å². The van der Waals surface area contributed by atoms with Gasteiger partial charge >= 0.3 is 11.9 Å². The molecule has 0 spiro atoms. The lowest BCUT2D eigenvalue weighted by molar-refractivity contribution is -0.123. The minimum absolute atomic E-state index is 0.0757. The Balaban J connectivity index is 2.03. The average Bonchev–Trinajstić information content (AvgIpc) is 2.55.